The first kappa shape index (κ1) is 74.5. The molecule has 0 spiro atoms. The van der Waals surface area contributed by atoms with Gasteiger partial charge < -0.3 is 29.9 Å². The lowest BCUT2D eigenvalue weighted by atomic mass is 9.44. The fourth-order valence-corrected chi connectivity index (χ4v) is 46.5. The van der Waals surface area contributed by atoms with E-state index in [4.69, 9.17) is 37.0 Å². The predicted molar refractivity (Wildman–Crippen MR) is 345 cm³/mol. The number of aliphatic carboxylic acids is 1. The summed E-state index contributed by atoms with van der Waals surface area (Å²) in [5, 5.41) is 39.6. The van der Waals surface area contributed by atoms with Crippen molar-refractivity contribution in [2.75, 3.05) is 6.61 Å². The van der Waals surface area contributed by atoms with Crippen molar-refractivity contribution in [1.29, 1.82) is 0 Å². The second-order valence-electron chi connectivity index (χ2n) is 21.4. The number of alkyl halides is 3. The Kier molecular flexibility index (Phi) is 31.3. The molecule has 0 aromatic carbocycles. The Morgan fingerprint density at radius 3 is 1.46 bits per heavy atom. The van der Waals surface area contributed by atoms with Crippen molar-refractivity contribution in [3.63, 3.8) is 0 Å². The van der Waals surface area contributed by atoms with Crippen molar-refractivity contribution in [2.45, 2.75) is 171 Å². The maximum Gasteiger partial charge on any atom is 0.490 e. The summed E-state index contributed by atoms with van der Waals surface area (Å²) in [6.45, 7) is 24.4. The van der Waals surface area contributed by atoms with Gasteiger partial charge in [0.15, 0.2) is 0 Å². The lowest BCUT2D eigenvalue weighted by molar-refractivity contribution is -0.229. The van der Waals surface area contributed by atoms with Crippen LogP contribution in [0.5, 0.6) is 0 Å². The van der Waals surface area contributed by atoms with Crippen LogP contribution < -0.4 is 0 Å². The highest BCUT2D eigenvalue weighted by atomic mass is 33.5. The Hall–Kier alpha value is 0.420. The number of esters is 2. The van der Waals surface area contributed by atoms with Crippen molar-refractivity contribution in [2.24, 2.45) is 68.0 Å². The highest BCUT2D eigenvalue weighted by Gasteiger charge is 2.70. The number of ketones is 2. The van der Waals surface area contributed by atoms with Crippen LogP contribution in [0.1, 0.15) is 140 Å². The number of hydrogen-bond donors (Lipinski definition) is 4. The van der Waals surface area contributed by atoms with Crippen LogP contribution in [0.4, 0.5) is 13.2 Å². The lowest BCUT2D eigenvalue weighted by Crippen LogP contribution is -2.63. The van der Waals surface area contributed by atoms with Crippen LogP contribution in [0.25, 0.3) is 0 Å². The summed E-state index contributed by atoms with van der Waals surface area (Å²) in [4.78, 5) is 59.4. The molecule has 6 saturated carbocycles. The molecule has 0 heterocycles. The molecule has 0 aliphatic heterocycles. The third-order valence-corrected chi connectivity index (χ3v) is 47.0. The van der Waals surface area contributed by atoms with Crippen LogP contribution in [0, 0.1) is 68.0 Å². The molecule has 30 heteroatoms. The molecule has 11 nitrogen and oxygen atoms in total. The van der Waals surface area contributed by atoms with Gasteiger partial charge in [-0.15, -0.1) is 13.2 Å². The van der Waals surface area contributed by atoms with Crippen LogP contribution in [0.15, 0.2) is 25.3 Å². The van der Waals surface area contributed by atoms with E-state index in [-0.39, 0.29) is 60.9 Å². The maximum absolute atomic E-state index is 13.1. The molecular weight excluding hydrogens is 1320 g/mol. The average molecular weight is 1400 g/mol. The highest BCUT2D eigenvalue weighted by molar-refractivity contribution is 8.77. The average Bonchev–Trinajstić information content (AvgIpc) is 3.94. The van der Waals surface area contributed by atoms with Gasteiger partial charge in [0.1, 0.15) is 30.4 Å². The number of halogens is 3. The molecular formula is C48H75F3O11S16. The number of carbonyl (C=O) groups is 5. The minimum atomic E-state index is -5.11. The van der Waals surface area contributed by atoms with E-state index in [1.807, 2.05) is 20.8 Å². The minimum absolute atomic E-state index is 0. The Morgan fingerprint density at radius 1 is 0.679 bits per heavy atom. The summed E-state index contributed by atoms with van der Waals surface area (Å²) in [5.74, 6) is -4.28. The van der Waals surface area contributed by atoms with E-state index >= 15 is 0 Å². The van der Waals surface area contributed by atoms with E-state index in [0.29, 0.717) is 32.1 Å². The fraction of sp³-hybridized carbons (Fsp3) is 0.812. The molecule has 6 fully saturated rings. The number of ether oxygens (including phenoxy) is 2. The molecule has 6 aliphatic rings. The van der Waals surface area contributed by atoms with Crippen LogP contribution in [-0.4, -0.2) is 87.1 Å². The number of carbonyl (C=O) groups excluding carboxylic acids is 4. The van der Waals surface area contributed by atoms with E-state index in [0.717, 1.165) is 25.7 Å². The molecule has 4 N–H and O–H groups in total. The molecule has 0 amide bonds. The van der Waals surface area contributed by atoms with Crippen LogP contribution in [0.3, 0.4) is 0 Å². The molecule has 6 aliphatic carbocycles. The third-order valence-electron chi connectivity index (χ3n) is 18.1. The molecule has 450 valence electrons. The van der Waals surface area contributed by atoms with Gasteiger partial charge >= 0.3 is 24.1 Å². The monoisotopic (exact) mass is 1400 g/mol. The Labute approximate surface area is 508 Å². The Morgan fingerprint density at radius 2 is 1.08 bits per heavy atom. The Balaban J connectivity index is 0.000000394. The molecule has 16 atom stereocenters. The van der Waals surface area contributed by atoms with Crippen molar-refractivity contribution in [3.05, 3.63) is 25.3 Å². The van der Waals surface area contributed by atoms with Gasteiger partial charge in [0.25, 0.3) is 0 Å². The van der Waals surface area contributed by atoms with E-state index in [9.17, 15) is 52.5 Å². The number of rotatable bonds is 6. The van der Waals surface area contributed by atoms with Crippen molar-refractivity contribution in [1.82, 2.24) is 0 Å². The first-order chi connectivity index (χ1) is 36.0. The number of carboxylic acid groups (broad SMARTS) is 1. The summed E-state index contributed by atoms with van der Waals surface area (Å²) >= 11 is 9.46. The number of aliphatic hydroxyl groups is 3. The first-order valence-corrected chi connectivity index (χ1v) is 44.6. The zero-order chi connectivity index (χ0) is 58.4. The molecule has 4 bridgehead atoms. The van der Waals surface area contributed by atoms with Crippen molar-refractivity contribution in [3.8, 4) is 0 Å². The maximum atomic E-state index is 13.1. The second-order valence-corrected chi connectivity index (χ2v) is 46.2. The van der Waals surface area contributed by atoms with Gasteiger partial charge in [0, 0.05) is 205 Å². The van der Waals surface area contributed by atoms with Gasteiger partial charge in [0.05, 0.1) is 12.2 Å². The number of hydrogen-bond acceptors (Lipinski definition) is 12. The molecule has 0 saturated heterocycles. The zero-order valence-corrected chi connectivity index (χ0v) is 57.2. The van der Waals surface area contributed by atoms with E-state index in [2.05, 4.69) is 33.9 Å². The fourth-order valence-electron chi connectivity index (χ4n) is 13.6. The van der Waals surface area contributed by atoms with Gasteiger partial charge in [-0.25, -0.2) is 9.59 Å². The summed E-state index contributed by atoms with van der Waals surface area (Å²) < 4.78 is 50.0. The van der Waals surface area contributed by atoms with Gasteiger partial charge in [-0.3, -0.25) is 14.4 Å². The molecule has 0 aromatic heterocycles. The van der Waals surface area contributed by atoms with Crippen LogP contribution in [-0.2, 0) is 180 Å². The van der Waals surface area contributed by atoms with Gasteiger partial charge in [-0.1, -0.05) is 81.9 Å². The van der Waals surface area contributed by atoms with Gasteiger partial charge in [-0.2, -0.15) is 13.2 Å². The largest absolute Gasteiger partial charge is 0.490 e. The number of aliphatic hydroxyl groups excluding tert-OH is 3. The van der Waals surface area contributed by atoms with Crippen LogP contribution >= 0.6 is 0 Å². The van der Waals surface area contributed by atoms with E-state index in [1.165, 1.54) is 23.8 Å². The Bertz CT molecular complexity index is 2830. The van der Waals surface area contributed by atoms with Gasteiger partial charge in [0.2, 0.25) is 0 Å². The molecule has 78 heavy (non-hydrogen) atoms. The summed E-state index contributed by atoms with van der Waals surface area (Å²) in [6, 6.07) is 0. The van der Waals surface area contributed by atoms with Crippen molar-refractivity contribution < 1.29 is 67.0 Å². The van der Waals surface area contributed by atoms with Crippen molar-refractivity contribution >= 4 is 176 Å². The number of Topliss-reactive ketones (excluding diaryl/α,β-unsaturated/α-hetero) is 2. The third kappa shape index (κ3) is 17.1. The van der Waals surface area contributed by atoms with E-state index in [1.54, 1.807) is 133 Å². The molecule has 0 radical (unpaired) electrons. The zero-order valence-electron chi connectivity index (χ0n) is 44.1. The normalized spacial score (nSPS) is 36.9. The highest BCUT2D eigenvalue weighted by Crippen LogP contribution is 2.69. The van der Waals surface area contributed by atoms with E-state index < -0.39 is 94.0 Å². The second kappa shape index (κ2) is 32.8. The summed E-state index contributed by atoms with van der Waals surface area (Å²) in [7, 11) is 23.5. The molecule has 2 unspecified atom stereocenters. The summed E-state index contributed by atoms with van der Waals surface area (Å²) in [5.41, 5.74) is -3.75. The molecule has 0 aromatic rings. The topological polar surface area (TPSA) is 185 Å². The number of carboxylic acids is 1. The van der Waals surface area contributed by atoms with Gasteiger partial charge in [-0.05, 0) is 80.0 Å². The first-order valence-electron chi connectivity index (χ1n) is 24.6. The minimum Gasteiger partial charge on any atom is -0.481 e. The SMILES string of the molecule is C.C=C[C@@]1(C)C[C@@H](O)[C@@]2(C)C3C(=O)CC[C@@]3(CC[C@H]2C)[C@@H](C)[C@@H]1OC(=O)C(F)(F)F.C=C[C@@]1(C)C[C@@H](OC(=O)CO)[C@@]2(C)C3C(=O)CC[C@@]3(CC[C@H]2C)[C@@H](C)[C@@H]1O.CCC(=O)O.S=S=S=S=S=S=S=S=S=S=S=S=S=S=S=S. The standard InChI is InChI=1S/C22H31F3O4.C22H34O5.C3H6O2.CH4.S16/c1-6-19(4)11-15(27)20(5)12(2)7-9-21(10-8-14(26)16(20)21)13(3)17(19)29-18(28)22(23,24)25;1-6-20(4)11-16(27-17(25)12-23)21(5)13(2)7-9-22(14(3)19(20)26)10-8-15(24)18(21)22;1-2-3(4)5;;1-3-5-7-9-11-13-15-16-14-12-10-8-6-4-2/h6,12-13,15-17,27H,1,7-11H2,2-5H3;6,13-14,16,18-19,23,26H,1,7-12H2,2-5H3;2H2,1H3,(H,4,5);1H4;/t12-,13+,15-,16?,17+,19+,20+,21+;13-,14+,16-,18?,19+,20+,21+,22+;;;/m11.../s1. The quantitative estimate of drug-likeness (QED) is 0.147. The molecule has 6 rings (SSSR count). The van der Waals surface area contributed by atoms with Crippen LogP contribution in [0.2, 0.25) is 0 Å². The summed E-state index contributed by atoms with van der Waals surface area (Å²) in [6.07, 6.45) is 1.06. The smallest absolute Gasteiger partial charge is 0.481 e. The predicted octanol–water partition coefficient (Wildman–Crippen LogP) is 8.42. The lowest BCUT2D eigenvalue weighted by Gasteiger charge is -2.61.